The summed E-state index contributed by atoms with van der Waals surface area (Å²) in [6.45, 7) is 1.99. The van der Waals surface area contributed by atoms with Crippen LogP contribution in [0.1, 0.15) is 36.8 Å². The largest absolute Gasteiger partial charge is 0.378 e. The molecule has 0 heterocycles. The molecule has 1 aromatic rings. The fourth-order valence-electron chi connectivity index (χ4n) is 2.31. The third-order valence-electron chi connectivity index (χ3n) is 3.35. The zero-order chi connectivity index (χ0) is 12.0. The van der Waals surface area contributed by atoms with Crippen LogP contribution < -0.4 is 0 Å². The average Bonchev–Trinajstić information content (AvgIpc) is 2.23. The zero-order valence-corrected chi connectivity index (χ0v) is 10.5. The van der Waals surface area contributed by atoms with Crippen molar-refractivity contribution in [3.05, 3.63) is 35.4 Å². The van der Waals surface area contributed by atoms with Gasteiger partial charge in [0.05, 0.1) is 0 Å². The normalized spacial score (nSPS) is 29.9. The second-order valence-electron chi connectivity index (χ2n) is 4.39. The lowest BCUT2D eigenvalue weighted by Gasteiger charge is -2.39. The highest BCUT2D eigenvalue weighted by Gasteiger charge is 2.54. The molecule has 1 nitrogen and oxygen atoms in total. The predicted octanol–water partition coefficient (Wildman–Crippen LogP) is 3.76. The molecule has 0 amide bonds. The van der Waals surface area contributed by atoms with E-state index in [1.165, 1.54) is 0 Å². The Labute approximate surface area is 102 Å². The highest BCUT2D eigenvalue weighted by Crippen LogP contribution is 2.51. The summed E-state index contributed by atoms with van der Waals surface area (Å²) in [4.78, 5) is -3.30. The van der Waals surface area contributed by atoms with Gasteiger partial charge in [-0.3, -0.25) is 0 Å². The van der Waals surface area contributed by atoms with Crippen molar-refractivity contribution in [2.24, 2.45) is 0 Å². The number of rotatable bonds is 1. The highest BCUT2D eigenvalue weighted by atomic mass is 79.9. The Morgan fingerprint density at radius 2 is 2.06 bits per heavy atom. The smallest absolute Gasteiger partial charge is 0.333 e. The molecule has 2 unspecified atom stereocenters. The molecule has 0 aromatic heterocycles. The Morgan fingerprint density at radius 1 is 1.44 bits per heavy atom. The molecule has 1 aromatic carbocycles. The molecule has 0 saturated heterocycles. The average molecular weight is 291 g/mol. The van der Waals surface area contributed by atoms with Crippen LogP contribution in [0.4, 0.5) is 8.78 Å². The van der Waals surface area contributed by atoms with E-state index in [9.17, 15) is 13.9 Å². The minimum Gasteiger partial charge on any atom is -0.378 e. The van der Waals surface area contributed by atoms with Gasteiger partial charge in [-0.15, -0.1) is 0 Å². The van der Waals surface area contributed by atoms with E-state index in [0.29, 0.717) is 12.0 Å². The van der Waals surface area contributed by atoms with Crippen LogP contribution in [0.2, 0.25) is 0 Å². The molecule has 1 N–H and O–H groups in total. The van der Waals surface area contributed by atoms with Gasteiger partial charge in [0, 0.05) is 0 Å². The van der Waals surface area contributed by atoms with Gasteiger partial charge >= 0.3 is 4.83 Å². The van der Waals surface area contributed by atoms with Gasteiger partial charge in [-0.25, -0.2) is 0 Å². The number of hydrogen-bond donors (Lipinski definition) is 1. The minimum absolute atomic E-state index is 0.0728. The van der Waals surface area contributed by atoms with Crippen molar-refractivity contribution >= 4 is 15.9 Å². The topological polar surface area (TPSA) is 20.2 Å². The van der Waals surface area contributed by atoms with Crippen LogP contribution in [0.15, 0.2) is 24.3 Å². The Morgan fingerprint density at radius 3 is 2.69 bits per heavy atom. The van der Waals surface area contributed by atoms with Gasteiger partial charge < -0.3 is 5.11 Å². The molecule has 16 heavy (non-hydrogen) atoms. The van der Waals surface area contributed by atoms with Crippen molar-refractivity contribution in [1.29, 1.82) is 0 Å². The molecule has 1 aliphatic carbocycles. The van der Waals surface area contributed by atoms with Crippen molar-refractivity contribution < 1.29 is 13.9 Å². The van der Waals surface area contributed by atoms with Crippen LogP contribution in [-0.4, -0.2) is 9.94 Å². The summed E-state index contributed by atoms with van der Waals surface area (Å²) >= 11 is 2.30. The molecule has 88 valence electrons. The molecule has 0 saturated carbocycles. The summed E-state index contributed by atoms with van der Waals surface area (Å²) in [5.74, 6) is 0.214. The Balaban J connectivity index is 2.58. The number of benzene rings is 1. The van der Waals surface area contributed by atoms with Gasteiger partial charge in [-0.2, -0.15) is 8.78 Å². The van der Waals surface area contributed by atoms with E-state index in [1.807, 2.05) is 19.1 Å². The Kier molecular flexibility index (Phi) is 2.83. The van der Waals surface area contributed by atoms with Crippen LogP contribution in [0, 0.1) is 0 Å². The molecule has 0 radical (unpaired) electrons. The molecule has 4 heteroatoms. The third kappa shape index (κ3) is 1.68. The monoisotopic (exact) mass is 290 g/mol. The van der Waals surface area contributed by atoms with E-state index >= 15 is 0 Å². The van der Waals surface area contributed by atoms with Gasteiger partial charge in [0.2, 0.25) is 0 Å². The summed E-state index contributed by atoms with van der Waals surface area (Å²) in [5, 5.41) is 10.2. The van der Waals surface area contributed by atoms with E-state index in [2.05, 4.69) is 15.9 Å². The minimum atomic E-state index is -3.30. The van der Waals surface area contributed by atoms with Crippen LogP contribution in [-0.2, 0) is 5.60 Å². The summed E-state index contributed by atoms with van der Waals surface area (Å²) in [6, 6.07) is 6.89. The second kappa shape index (κ2) is 3.77. The molecule has 0 aliphatic heterocycles. The Bertz CT molecular complexity index is 402. The first-order chi connectivity index (χ1) is 7.36. The molecule has 0 spiro atoms. The first-order valence-corrected chi connectivity index (χ1v) is 6.04. The maximum Gasteiger partial charge on any atom is 0.333 e. The van der Waals surface area contributed by atoms with E-state index in [-0.39, 0.29) is 12.3 Å². The van der Waals surface area contributed by atoms with E-state index in [0.717, 1.165) is 5.56 Å². The third-order valence-corrected chi connectivity index (χ3v) is 4.00. The number of halogens is 3. The van der Waals surface area contributed by atoms with Crippen molar-refractivity contribution in [2.75, 3.05) is 0 Å². The van der Waals surface area contributed by atoms with Crippen molar-refractivity contribution in [2.45, 2.75) is 36.1 Å². The first kappa shape index (κ1) is 12.0. The van der Waals surface area contributed by atoms with Crippen molar-refractivity contribution in [3.63, 3.8) is 0 Å². The maximum atomic E-state index is 13.5. The van der Waals surface area contributed by atoms with E-state index < -0.39 is 10.4 Å². The molecule has 0 fully saturated rings. The number of hydrogen-bond acceptors (Lipinski definition) is 1. The van der Waals surface area contributed by atoms with Crippen LogP contribution >= 0.6 is 15.9 Å². The lowest BCUT2D eigenvalue weighted by molar-refractivity contribution is -0.132. The van der Waals surface area contributed by atoms with Gasteiger partial charge in [0.1, 0.15) is 0 Å². The van der Waals surface area contributed by atoms with Gasteiger partial charge in [-0.05, 0) is 45.8 Å². The lowest BCUT2D eigenvalue weighted by atomic mass is 9.74. The first-order valence-electron chi connectivity index (χ1n) is 5.25. The fourth-order valence-corrected chi connectivity index (χ4v) is 2.73. The lowest BCUT2D eigenvalue weighted by Crippen LogP contribution is -2.44. The summed E-state index contributed by atoms with van der Waals surface area (Å²) in [7, 11) is 0. The summed E-state index contributed by atoms with van der Waals surface area (Å²) in [6.07, 6.45) is 0.637. The fraction of sp³-hybridized carbons (Fsp3) is 0.500. The number of aliphatic hydroxyl groups is 1. The predicted molar refractivity (Wildman–Crippen MR) is 61.9 cm³/mol. The maximum absolute atomic E-state index is 13.5. The van der Waals surface area contributed by atoms with Crippen LogP contribution in [0.25, 0.3) is 0 Å². The molecule has 1 aliphatic rings. The van der Waals surface area contributed by atoms with Crippen LogP contribution in [0.3, 0.4) is 0 Å². The Hall–Kier alpha value is -0.480. The number of fused-ring (bicyclic) bond motifs is 1. The quantitative estimate of drug-likeness (QED) is 0.781. The summed E-state index contributed by atoms with van der Waals surface area (Å²) < 4.78 is 26.9. The molecular weight excluding hydrogens is 278 g/mol. The van der Waals surface area contributed by atoms with Crippen molar-refractivity contribution in [1.82, 2.24) is 0 Å². The van der Waals surface area contributed by atoms with Crippen LogP contribution in [0.5, 0.6) is 0 Å². The second-order valence-corrected chi connectivity index (χ2v) is 5.38. The number of alkyl halides is 3. The SMILES string of the molecule is CC1CCC(O)(C(F)(F)Br)c2ccccc21. The van der Waals surface area contributed by atoms with Crippen molar-refractivity contribution in [3.8, 4) is 0 Å². The van der Waals surface area contributed by atoms with E-state index in [1.54, 1.807) is 12.1 Å². The highest BCUT2D eigenvalue weighted by molar-refractivity contribution is 9.10. The van der Waals surface area contributed by atoms with E-state index in [4.69, 9.17) is 0 Å². The molecular formula is C12H13BrF2O. The zero-order valence-electron chi connectivity index (χ0n) is 8.88. The molecule has 2 rings (SSSR count). The van der Waals surface area contributed by atoms with Gasteiger partial charge in [0.15, 0.2) is 5.60 Å². The summed E-state index contributed by atoms with van der Waals surface area (Å²) in [5.41, 5.74) is -0.929. The molecule has 2 atom stereocenters. The standard InChI is InChI=1S/C12H13BrF2O/c1-8-6-7-11(16,12(13,14)15)10-5-3-2-4-9(8)10/h2-5,8,16H,6-7H2,1H3. The molecule has 0 bridgehead atoms. The van der Waals surface area contributed by atoms with Gasteiger partial charge in [-0.1, -0.05) is 31.2 Å². The van der Waals surface area contributed by atoms with Gasteiger partial charge in [0.25, 0.3) is 0 Å².